The Morgan fingerprint density at radius 3 is 1.25 bits per heavy atom. The fourth-order valence-electron chi connectivity index (χ4n) is 4.99. The lowest BCUT2D eigenvalue weighted by Crippen LogP contribution is -3.00. The Hall–Kier alpha value is -0.530. The smallest absolute Gasteiger partial charge is 0.104 e. The number of unbranched alkanes of at least 4 members (excludes halogenated alkanes) is 16. The molecule has 0 fully saturated rings. The number of hydrogen-bond donors (Lipinski definition) is 0. The van der Waals surface area contributed by atoms with E-state index in [9.17, 15) is 0 Å². The van der Waals surface area contributed by atoms with Crippen molar-refractivity contribution in [3.8, 4) is 0 Å². The van der Waals surface area contributed by atoms with Crippen LogP contribution in [0.25, 0.3) is 0 Å². The first-order valence-corrected chi connectivity index (χ1v) is 14.2. The van der Waals surface area contributed by atoms with Gasteiger partial charge in [0.15, 0.2) is 0 Å². The molecule has 1 nitrogen and oxygen atoms in total. The largest absolute Gasteiger partial charge is 1.00 e. The Bertz CT molecular complexity index is 483. The van der Waals surface area contributed by atoms with Crippen LogP contribution in [0.4, 0.5) is 0 Å². The fourth-order valence-corrected chi connectivity index (χ4v) is 4.99. The third-order valence-corrected chi connectivity index (χ3v) is 7.44. The van der Waals surface area contributed by atoms with E-state index < -0.39 is 0 Å². The molecule has 0 atom stereocenters. The van der Waals surface area contributed by atoms with Crippen LogP contribution in [0.1, 0.15) is 135 Å². The summed E-state index contributed by atoms with van der Waals surface area (Å²) in [6.45, 7) is 12.1. The van der Waals surface area contributed by atoms with Gasteiger partial charge in [-0.25, -0.2) is 0 Å². The monoisotopic (exact) mass is 465 g/mol. The van der Waals surface area contributed by atoms with Gasteiger partial charge in [0.2, 0.25) is 0 Å². The van der Waals surface area contributed by atoms with E-state index in [4.69, 9.17) is 0 Å². The van der Waals surface area contributed by atoms with Crippen LogP contribution in [0, 0.1) is 0 Å². The quantitative estimate of drug-likeness (QED) is 0.132. The van der Waals surface area contributed by atoms with E-state index in [-0.39, 0.29) is 12.4 Å². The molecule has 0 saturated carbocycles. The molecule has 0 bridgehead atoms. The molecule has 2 heteroatoms. The van der Waals surface area contributed by atoms with Gasteiger partial charge in [-0.15, -0.1) is 0 Å². The molecule has 0 N–H and O–H groups in total. The lowest BCUT2D eigenvalue weighted by atomic mass is 10.0. The molecular weight excluding hydrogens is 410 g/mol. The Kier molecular flexibility index (Phi) is 21.9. The SMILES string of the molecule is CCCCCCCCCCCCCCCCCCC[N+](CC)(CC)Cc1ccccc1.[Cl-]. The maximum atomic E-state index is 2.38. The van der Waals surface area contributed by atoms with Gasteiger partial charge in [-0.05, 0) is 26.7 Å². The zero-order valence-corrected chi connectivity index (χ0v) is 22.8. The van der Waals surface area contributed by atoms with Gasteiger partial charge in [0.05, 0.1) is 19.6 Å². The highest BCUT2D eigenvalue weighted by molar-refractivity contribution is 5.13. The predicted molar refractivity (Wildman–Crippen MR) is 141 cm³/mol. The van der Waals surface area contributed by atoms with Crippen molar-refractivity contribution in [2.45, 2.75) is 136 Å². The summed E-state index contributed by atoms with van der Waals surface area (Å²) in [7, 11) is 0. The van der Waals surface area contributed by atoms with Crippen molar-refractivity contribution in [2.75, 3.05) is 19.6 Å². The van der Waals surface area contributed by atoms with Crippen LogP contribution in [0.3, 0.4) is 0 Å². The summed E-state index contributed by atoms with van der Waals surface area (Å²) in [4.78, 5) is 0. The number of quaternary nitrogens is 1. The summed E-state index contributed by atoms with van der Waals surface area (Å²) in [5, 5.41) is 0. The first-order chi connectivity index (χ1) is 15.3. The average molecular weight is 466 g/mol. The molecule has 0 aliphatic carbocycles. The van der Waals surface area contributed by atoms with Crippen molar-refractivity contribution < 1.29 is 16.9 Å². The van der Waals surface area contributed by atoms with Gasteiger partial charge in [0.25, 0.3) is 0 Å². The van der Waals surface area contributed by atoms with Crippen LogP contribution in [-0.4, -0.2) is 24.1 Å². The Labute approximate surface area is 208 Å². The summed E-state index contributed by atoms with van der Waals surface area (Å²) in [5.41, 5.74) is 1.50. The second-order valence-corrected chi connectivity index (χ2v) is 10.00. The molecule has 0 unspecified atom stereocenters. The van der Waals surface area contributed by atoms with Gasteiger partial charge >= 0.3 is 0 Å². The second kappa shape index (κ2) is 22.3. The highest BCUT2D eigenvalue weighted by Crippen LogP contribution is 2.18. The van der Waals surface area contributed by atoms with Gasteiger partial charge in [-0.3, -0.25) is 0 Å². The maximum Gasteiger partial charge on any atom is 0.104 e. The van der Waals surface area contributed by atoms with Gasteiger partial charge in [0.1, 0.15) is 6.54 Å². The first-order valence-electron chi connectivity index (χ1n) is 14.2. The summed E-state index contributed by atoms with van der Waals surface area (Å²) >= 11 is 0. The summed E-state index contributed by atoms with van der Waals surface area (Å²) < 4.78 is 1.25. The van der Waals surface area contributed by atoms with E-state index in [0.29, 0.717) is 0 Å². The minimum Gasteiger partial charge on any atom is -1.00 e. The molecule has 188 valence electrons. The van der Waals surface area contributed by atoms with Crippen molar-refractivity contribution in [1.29, 1.82) is 0 Å². The van der Waals surface area contributed by atoms with Gasteiger partial charge < -0.3 is 16.9 Å². The molecule has 0 amide bonds. The molecular formula is C30H56ClN. The molecule has 0 heterocycles. The second-order valence-electron chi connectivity index (χ2n) is 10.00. The molecule has 32 heavy (non-hydrogen) atoms. The Morgan fingerprint density at radius 1 is 0.500 bits per heavy atom. The summed E-state index contributed by atoms with van der Waals surface area (Å²) in [5.74, 6) is 0. The van der Waals surface area contributed by atoms with Crippen LogP contribution in [0.5, 0.6) is 0 Å². The van der Waals surface area contributed by atoms with Crippen LogP contribution >= 0.6 is 0 Å². The summed E-state index contributed by atoms with van der Waals surface area (Å²) in [6.07, 6.45) is 24.7. The number of rotatable bonds is 22. The van der Waals surface area contributed by atoms with E-state index in [1.165, 1.54) is 145 Å². The first kappa shape index (κ1) is 31.5. The minimum atomic E-state index is 0. The molecule has 1 rings (SSSR count). The Morgan fingerprint density at radius 2 is 0.875 bits per heavy atom. The average Bonchev–Trinajstić information content (AvgIpc) is 2.81. The normalized spacial score (nSPS) is 11.5. The lowest BCUT2D eigenvalue weighted by Gasteiger charge is -2.37. The summed E-state index contributed by atoms with van der Waals surface area (Å²) in [6, 6.07) is 11.1. The molecule has 1 aromatic rings. The van der Waals surface area contributed by atoms with E-state index in [2.05, 4.69) is 51.1 Å². The topological polar surface area (TPSA) is 0 Å². The maximum absolute atomic E-state index is 2.38. The molecule has 0 saturated heterocycles. The molecule has 0 aromatic heterocycles. The zero-order chi connectivity index (χ0) is 22.5. The molecule has 0 aliphatic heterocycles. The van der Waals surface area contributed by atoms with E-state index >= 15 is 0 Å². The predicted octanol–water partition coefficient (Wildman–Crippen LogP) is 6.70. The molecule has 0 radical (unpaired) electrons. The van der Waals surface area contributed by atoms with Gasteiger partial charge in [-0.2, -0.15) is 0 Å². The number of halogens is 1. The standard InChI is InChI=1S/C30H56N.ClH/c1-4-7-8-9-10-11-12-13-14-15-16-17-18-19-20-21-25-28-31(5-2,6-3)29-30-26-23-22-24-27-30;/h22-24,26-27H,4-21,25,28-29H2,1-3H3;1H/q+1;/p-1. The highest BCUT2D eigenvalue weighted by Gasteiger charge is 2.22. The lowest BCUT2D eigenvalue weighted by molar-refractivity contribution is -0.938. The van der Waals surface area contributed by atoms with Crippen LogP contribution in [-0.2, 0) is 6.54 Å². The van der Waals surface area contributed by atoms with E-state index in [1.54, 1.807) is 0 Å². The van der Waals surface area contributed by atoms with E-state index in [0.717, 1.165) is 0 Å². The van der Waals surface area contributed by atoms with Crippen molar-refractivity contribution in [1.82, 2.24) is 0 Å². The third kappa shape index (κ3) is 16.1. The van der Waals surface area contributed by atoms with Crippen LogP contribution in [0.2, 0.25) is 0 Å². The van der Waals surface area contributed by atoms with E-state index in [1.807, 2.05) is 0 Å². The van der Waals surface area contributed by atoms with Gasteiger partial charge in [0, 0.05) is 5.56 Å². The zero-order valence-electron chi connectivity index (χ0n) is 22.1. The minimum absolute atomic E-state index is 0. The fraction of sp³-hybridized carbons (Fsp3) is 0.800. The molecule has 0 spiro atoms. The van der Waals surface area contributed by atoms with Gasteiger partial charge in [-0.1, -0.05) is 134 Å². The van der Waals surface area contributed by atoms with Crippen molar-refractivity contribution in [3.63, 3.8) is 0 Å². The van der Waals surface area contributed by atoms with Crippen molar-refractivity contribution >= 4 is 0 Å². The van der Waals surface area contributed by atoms with Crippen LogP contribution in [0.15, 0.2) is 30.3 Å². The van der Waals surface area contributed by atoms with Crippen LogP contribution < -0.4 is 12.4 Å². The third-order valence-electron chi connectivity index (χ3n) is 7.44. The molecule has 0 aliphatic rings. The number of hydrogen-bond acceptors (Lipinski definition) is 0. The number of nitrogens with zero attached hydrogens (tertiary/aromatic N) is 1. The highest BCUT2D eigenvalue weighted by atomic mass is 35.5. The Balaban J connectivity index is 0.00000961. The van der Waals surface area contributed by atoms with Crippen molar-refractivity contribution in [3.05, 3.63) is 35.9 Å². The van der Waals surface area contributed by atoms with Crippen molar-refractivity contribution in [2.24, 2.45) is 0 Å². The molecule has 1 aromatic carbocycles. The number of benzene rings is 1.